The van der Waals surface area contributed by atoms with Gasteiger partial charge in [0.25, 0.3) is 0 Å². The fourth-order valence-corrected chi connectivity index (χ4v) is 3.14. The summed E-state index contributed by atoms with van der Waals surface area (Å²) in [6, 6.07) is 2.02. The normalized spacial score (nSPS) is 13.1. The van der Waals surface area contributed by atoms with Crippen LogP contribution in [0.5, 0.6) is 0 Å². The summed E-state index contributed by atoms with van der Waals surface area (Å²) in [4.78, 5) is 8.97. The quantitative estimate of drug-likeness (QED) is 0.528. The average Bonchev–Trinajstić information content (AvgIpc) is 2.38. The molecule has 0 aliphatic rings. The topological polar surface area (TPSA) is 119 Å². The van der Waals surface area contributed by atoms with Crippen LogP contribution in [0.25, 0.3) is 0 Å². The monoisotopic (exact) mass is 322 g/mol. The van der Waals surface area contributed by atoms with Gasteiger partial charge in [-0.05, 0) is 18.6 Å². The number of nitrogens with one attached hydrogen (secondary N) is 1. The maximum Gasteiger partial charge on any atom is 0.324 e. The number of hydrogen-bond donors (Lipinski definition) is 2. The number of nitro benzene ring substituents is 1. The van der Waals surface area contributed by atoms with Gasteiger partial charge in [0, 0.05) is 19.8 Å². The molecule has 0 aliphatic heterocycles. The molecule has 10 heteroatoms. The minimum absolute atomic E-state index is 0.0388. The van der Waals surface area contributed by atoms with Crippen LogP contribution in [0.1, 0.15) is 6.42 Å². The number of ether oxygens (including phenoxy) is 1. The predicted octanol–water partition coefficient (Wildman–Crippen LogP) is 0.410. The van der Waals surface area contributed by atoms with E-state index in [1.807, 2.05) is 0 Å². The molecule has 0 saturated carbocycles. The summed E-state index contributed by atoms with van der Waals surface area (Å²) < 4.78 is 44.7. The SMILES string of the molecule is COCC(CCO)NS(=O)(=O)c1cccc(F)c1[N+](=O)[O-]. The van der Waals surface area contributed by atoms with E-state index in [0.29, 0.717) is 0 Å². The number of benzene rings is 1. The summed E-state index contributed by atoms with van der Waals surface area (Å²) in [6.07, 6.45) is 0.0518. The highest BCUT2D eigenvalue weighted by Gasteiger charge is 2.30. The van der Waals surface area contributed by atoms with Crippen LogP contribution >= 0.6 is 0 Å². The van der Waals surface area contributed by atoms with Crippen LogP contribution < -0.4 is 4.72 Å². The molecule has 1 rings (SSSR count). The van der Waals surface area contributed by atoms with Crippen LogP contribution in [0.4, 0.5) is 10.1 Å². The highest BCUT2D eigenvalue weighted by atomic mass is 32.2. The smallest absolute Gasteiger partial charge is 0.324 e. The summed E-state index contributed by atoms with van der Waals surface area (Å²) in [7, 11) is -2.99. The largest absolute Gasteiger partial charge is 0.396 e. The number of sulfonamides is 1. The van der Waals surface area contributed by atoms with E-state index in [1.165, 1.54) is 7.11 Å². The van der Waals surface area contributed by atoms with Gasteiger partial charge in [-0.3, -0.25) is 10.1 Å². The van der Waals surface area contributed by atoms with Gasteiger partial charge in [0.15, 0.2) is 4.90 Å². The van der Waals surface area contributed by atoms with E-state index >= 15 is 0 Å². The van der Waals surface area contributed by atoms with Crippen molar-refractivity contribution in [2.45, 2.75) is 17.4 Å². The molecule has 1 unspecified atom stereocenters. The van der Waals surface area contributed by atoms with Gasteiger partial charge in [-0.15, -0.1) is 0 Å². The number of hydrogen-bond acceptors (Lipinski definition) is 6. The molecule has 0 aliphatic carbocycles. The third-order valence-electron chi connectivity index (χ3n) is 2.59. The predicted molar refractivity (Wildman–Crippen MR) is 70.7 cm³/mol. The lowest BCUT2D eigenvalue weighted by Crippen LogP contribution is -2.38. The molecule has 1 aromatic carbocycles. The molecule has 0 saturated heterocycles. The fourth-order valence-electron chi connectivity index (χ4n) is 1.71. The standard InChI is InChI=1S/C11H15FN2O6S/c1-20-7-8(5-6-15)13-21(18,19)10-4-2-3-9(12)11(10)14(16)17/h2-4,8,13,15H,5-7H2,1H3. The molecule has 0 aromatic heterocycles. The van der Waals surface area contributed by atoms with E-state index in [4.69, 9.17) is 9.84 Å². The van der Waals surface area contributed by atoms with E-state index in [0.717, 1.165) is 18.2 Å². The first-order chi connectivity index (χ1) is 9.83. The summed E-state index contributed by atoms with van der Waals surface area (Å²) >= 11 is 0. The number of methoxy groups -OCH3 is 1. The van der Waals surface area contributed by atoms with Crippen molar-refractivity contribution in [3.05, 3.63) is 34.1 Å². The molecule has 0 bridgehead atoms. The Bertz CT molecular complexity index is 601. The summed E-state index contributed by atoms with van der Waals surface area (Å²) in [5, 5.41) is 19.7. The second kappa shape index (κ2) is 7.41. The molecule has 0 fully saturated rings. The van der Waals surface area contributed by atoms with E-state index < -0.39 is 37.4 Å². The van der Waals surface area contributed by atoms with Gasteiger partial charge in [-0.25, -0.2) is 13.1 Å². The van der Waals surface area contributed by atoms with E-state index in [-0.39, 0.29) is 19.6 Å². The van der Waals surface area contributed by atoms with Gasteiger partial charge in [0.05, 0.1) is 11.5 Å². The van der Waals surface area contributed by atoms with Gasteiger partial charge < -0.3 is 9.84 Å². The zero-order valence-electron chi connectivity index (χ0n) is 11.2. The molecule has 1 atom stereocenters. The highest BCUT2D eigenvalue weighted by molar-refractivity contribution is 7.89. The fraction of sp³-hybridized carbons (Fsp3) is 0.455. The number of aliphatic hydroxyl groups excluding tert-OH is 1. The third kappa shape index (κ3) is 4.43. The van der Waals surface area contributed by atoms with Crippen molar-refractivity contribution < 1.29 is 27.6 Å². The van der Waals surface area contributed by atoms with Crippen LogP contribution in [-0.4, -0.2) is 44.8 Å². The Labute approximate surface area is 120 Å². The van der Waals surface area contributed by atoms with Gasteiger partial charge in [-0.2, -0.15) is 4.39 Å². The van der Waals surface area contributed by atoms with Crippen molar-refractivity contribution in [3.8, 4) is 0 Å². The van der Waals surface area contributed by atoms with Gasteiger partial charge in [-0.1, -0.05) is 6.07 Å². The number of aliphatic hydroxyl groups is 1. The lowest BCUT2D eigenvalue weighted by Gasteiger charge is -2.16. The van der Waals surface area contributed by atoms with Crippen molar-refractivity contribution in [2.24, 2.45) is 0 Å². The molecule has 8 nitrogen and oxygen atoms in total. The Kier molecular flexibility index (Phi) is 6.15. The number of halogens is 1. The second-order valence-electron chi connectivity index (χ2n) is 4.13. The van der Waals surface area contributed by atoms with E-state index in [2.05, 4.69) is 4.72 Å². The molecule has 0 amide bonds. The third-order valence-corrected chi connectivity index (χ3v) is 4.14. The molecule has 118 valence electrons. The van der Waals surface area contributed by atoms with Crippen molar-refractivity contribution in [1.29, 1.82) is 0 Å². The number of nitro groups is 1. The zero-order chi connectivity index (χ0) is 16.0. The Morgan fingerprint density at radius 3 is 2.71 bits per heavy atom. The first-order valence-electron chi connectivity index (χ1n) is 5.88. The minimum Gasteiger partial charge on any atom is -0.396 e. The number of para-hydroxylation sites is 1. The van der Waals surface area contributed by atoms with E-state index in [1.54, 1.807) is 0 Å². The van der Waals surface area contributed by atoms with Gasteiger partial charge >= 0.3 is 5.69 Å². The average molecular weight is 322 g/mol. The molecule has 0 radical (unpaired) electrons. The molecule has 0 heterocycles. The maximum atomic E-state index is 13.5. The van der Waals surface area contributed by atoms with Crippen LogP contribution in [-0.2, 0) is 14.8 Å². The highest BCUT2D eigenvalue weighted by Crippen LogP contribution is 2.26. The van der Waals surface area contributed by atoms with Crippen molar-refractivity contribution in [1.82, 2.24) is 4.72 Å². The number of nitrogens with zero attached hydrogens (tertiary/aromatic N) is 1. The van der Waals surface area contributed by atoms with Crippen molar-refractivity contribution in [2.75, 3.05) is 20.3 Å². The minimum atomic E-state index is -4.32. The first-order valence-corrected chi connectivity index (χ1v) is 7.36. The van der Waals surface area contributed by atoms with Crippen LogP contribution in [0.2, 0.25) is 0 Å². The molecule has 1 aromatic rings. The van der Waals surface area contributed by atoms with Crippen molar-refractivity contribution in [3.63, 3.8) is 0 Å². The summed E-state index contributed by atoms with van der Waals surface area (Å²) in [5.41, 5.74) is -1.12. The maximum absolute atomic E-state index is 13.5. The number of rotatable bonds is 8. The first kappa shape index (κ1) is 17.4. The Morgan fingerprint density at radius 2 is 2.19 bits per heavy atom. The Balaban J connectivity index is 3.19. The van der Waals surface area contributed by atoms with Gasteiger partial charge in [0.1, 0.15) is 0 Å². The molecule has 21 heavy (non-hydrogen) atoms. The van der Waals surface area contributed by atoms with Crippen LogP contribution in [0.15, 0.2) is 23.1 Å². The summed E-state index contributed by atoms with van der Waals surface area (Å²) in [5.74, 6) is -1.24. The second-order valence-corrected chi connectivity index (χ2v) is 5.81. The van der Waals surface area contributed by atoms with Crippen molar-refractivity contribution >= 4 is 15.7 Å². The molecule has 0 spiro atoms. The molecular formula is C11H15FN2O6S. The molecular weight excluding hydrogens is 307 g/mol. The van der Waals surface area contributed by atoms with Crippen LogP contribution in [0.3, 0.4) is 0 Å². The van der Waals surface area contributed by atoms with Crippen LogP contribution in [0, 0.1) is 15.9 Å². The molecule has 2 N–H and O–H groups in total. The lowest BCUT2D eigenvalue weighted by molar-refractivity contribution is -0.390. The summed E-state index contributed by atoms with van der Waals surface area (Å²) in [6.45, 7) is -0.343. The Morgan fingerprint density at radius 1 is 1.52 bits per heavy atom. The zero-order valence-corrected chi connectivity index (χ0v) is 12.0. The Hall–Kier alpha value is -1.62. The lowest BCUT2D eigenvalue weighted by atomic mass is 10.2. The van der Waals surface area contributed by atoms with E-state index in [9.17, 15) is 22.9 Å². The van der Waals surface area contributed by atoms with Gasteiger partial charge in [0.2, 0.25) is 15.8 Å².